The van der Waals surface area contributed by atoms with Crippen LogP contribution in [0.25, 0.3) is 11.3 Å². The maximum atomic E-state index is 13.1. The highest BCUT2D eigenvalue weighted by Gasteiger charge is 2.19. The lowest BCUT2D eigenvalue weighted by Gasteiger charge is -2.11. The Kier molecular flexibility index (Phi) is 6.23. The lowest BCUT2D eigenvalue weighted by atomic mass is 10.1. The first-order valence-corrected chi connectivity index (χ1v) is 11.8. The fourth-order valence-corrected chi connectivity index (χ4v) is 4.73. The number of carbonyl (C=O) groups excluding carboxylic acids is 1. The van der Waals surface area contributed by atoms with Gasteiger partial charge in [-0.1, -0.05) is 77.6 Å². The number of rotatable bonds is 6. The molecule has 1 amide bonds. The van der Waals surface area contributed by atoms with E-state index < -0.39 is 0 Å². The van der Waals surface area contributed by atoms with Crippen molar-refractivity contribution in [2.24, 2.45) is 4.99 Å². The van der Waals surface area contributed by atoms with E-state index in [1.807, 2.05) is 60.7 Å². The van der Waals surface area contributed by atoms with Gasteiger partial charge in [-0.15, -0.1) is 0 Å². The van der Waals surface area contributed by atoms with Gasteiger partial charge in [0.1, 0.15) is 10.8 Å². The number of nitrogens with one attached hydrogen (secondary N) is 1. The largest absolute Gasteiger partial charge is 0.467 e. The summed E-state index contributed by atoms with van der Waals surface area (Å²) in [5.74, 6) is 0.647. The Balaban J connectivity index is 1.70. The number of furan rings is 1. The van der Waals surface area contributed by atoms with Crippen LogP contribution in [-0.4, -0.2) is 10.5 Å². The Morgan fingerprint density at radius 1 is 0.912 bits per heavy atom. The van der Waals surface area contributed by atoms with E-state index in [0.717, 1.165) is 32.5 Å². The minimum Gasteiger partial charge on any atom is -0.467 e. The zero-order valence-corrected chi connectivity index (χ0v) is 19.5. The van der Waals surface area contributed by atoms with Crippen LogP contribution in [0.4, 0.5) is 10.7 Å². The number of hydrogen-bond donors (Lipinski definition) is 1. The number of thiazole rings is 1. The first-order valence-electron chi connectivity index (χ1n) is 11.0. The second kappa shape index (κ2) is 9.77. The van der Waals surface area contributed by atoms with E-state index in [1.165, 1.54) is 16.9 Å². The number of para-hydroxylation sites is 1. The second-order valence-corrected chi connectivity index (χ2v) is 8.84. The predicted octanol–water partition coefficient (Wildman–Crippen LogP) is 6.65. The van der Waals surface area contributed by atoms with Crippen LogP contribution in [-0.2, 0) is 6.54 Å². The number of nitrogens with zero attached hydrogens (tertiary/aromatic N) is 2. The molecule has 0 radical (unpaired) electrons. The average molecular weight is 466 g/mol. The first kappa shape index (κ1) is 21.7. The van der Waals surface area contributed by atoms with Crippen LogP contribution in [0.3, 0.4) is 0 Å². The molecular weight excluding hydrogens is 442 g/mol. The van der Waals surface area contributed by atoms with E-state index in [0.29, 0.717) is 12.1 Å². The fraction of sp³-hybridized carbons (Fsp3) is 0.0714. The third kappa shape index (κ3) is 4.77. The lowest BCUT2D eigenvalue weighted by Crippen LogP contribution is -2.17. The minimum absolute atomic E-state index is 0.161. The number of aryl methyl sites for hydroxylation is 1. The molecule has 0 spiro atoms. The normalized spacial score (nSPS) is 11.5. The van der Waals surface area contributed by atoms with E-state index in [1.54, 1.807) is 18.4 Å². The molecule has 3 aromatic carbocycles. The Hall–Kier alpha value is -4.16. The summed E-state index contributed by atoms with van der Waals surface area (Å²) in [6.45, 7) is 2.54. The SMILES string of the molecule is Cc1ccc(-c2c(NC(=O)c3ccccc3)sc(=Nc3ccccc3)n2Cc2ccco2)cc1. The van der Waals surface area contributed by atoms with Gasteiger partial charge in [-0.25, -0.2) is 4.99 Å². The zero-order valence-electron chi connectivity index (χ0n) is 18.6. The minimum atomic E-state index is -0.161. The number of carbonyl (C=O) groups is 1. The number of aromatic nitrogens is 1. The van der Waals surface area contributed by atoms with Gasteiger partial charge in [0.2, 0.25) is 0 Å². The highest BCUT2D eigenvalue weighted by Crippen LogP contribution is 2.32. The molecule has 34 heavy (non-hydrogen) atoms. The number of hydrogen-bond acceptors (Lipinski definition) is 4. The molecule has 0 fully saturated rings. The van der Waals surface area contributed by atoms with Gasteiger partial charge in [0.15, 0.2) is 4.80 Å². The summed E-state index contributed by atoms with van der Waals surface area (Å²) < 4.78 is 7.77. The Morgan fingerprint density at radius 3 is 2.29 bits per heavy atom. The van der Waals surface area contributed by atoms with Crippen LogP contribution in [0.1, 0.15) is 21.7 Å². The quantitative estimate of drug-likeness (QED) is 0.305. The predicted molar refractivity (Wildman–Crippen MR) is 136 cm³/mol. The maximum Gasteiger partial charge on any atom is 0.256 e. The van der Waals surface area contributed by atoms with Crippen molar-refractivity contribution in [2.45, 2.75) is 13.5 Å². The van der Waals surface area contributed by atoms with Gasteiger partial charge in [-0.3, -0.25) is 4.79 Å². The third-order valence-corrected chi connectivity index (χ3v) is 6.37. The van der Waals surface area contributed by atoms with Gasteiger partial charge < -0.3 is 14.3 Å². The Morgan fingerprint density at radius 2 is 1.62 bits per heavy atom. The van der Waals surface area contributed by atoms with E-state index in [4.69, 9.17) is 9.41 Å². The summed E-state index contributed by atoms with van der Waals surface area (Å²) in [6.07, 6.45) is 1.67. The molecule has 0 aliphatic heterocycles. The molecule has 1 N–H and O–H groups in total. The molecule has 0 atom stereocenters. The summed E-state index contributed by atoms with van der Waals surface area (Å²) in [6, 6.07) is 31.1. The molecule has 2 aromatic heterocycles. The second-order valence-electron chi connectivity index (χ2n) is 7.86. The van der Waals surface area contributed by atoms with Crippen molar-refractivity contribution >= 4 is 27.9 Å². The van der Waals surface area contributed by atoms with Crippen LogP contribution in [0, 0.1) is 6.92 Å². The van der Waals surface area contributed by atoms with Crippen molar-refractivity contribution in [1.29, 1.82) is 0 Å². The van der Waals surface area contributed by atoms with Crippen molar-refractivity contribution < 1.29 is 9.21 Å². The summed E-state index contributed by atoms with van der Waals surface area (Å²) in [4.78, 5) is 18.8. The van der Waals surface area contributed by atoms with Gasteiger partial charge in [-0.2, -0.15) is 0 Å². The van der Waals surface area contributed by atoms with Gasteiger partial charge in [0.05, 0.1) is 24.2 Å². The molecular formula is C28H23N3O2S. The smallest absolute Gasteiger partial charge is 0.256 e. The van der Waals surface area contributed by atoms with Crippen LogP contribution in [0.15, 0.2) is 113 Å². The van der Waals surface area contributed by atoms with Crippen LogP contribution in [0.5, 0.6) is 0 Å². The van der Waals surface area contributed by atoms with E-state index in [2.05, 4.69) is 41.1 Å². The van der Waals surface area contributed by atoms with Crippen LogP contribution < -0.4 is 10.1 Å². The third-order valence-electron chi connectivity index (χ3n) is 5.37. The first-order chi connectivity index (χ1) is 16.7. The van der Waals surface area contributed by atoms with Gasteiger partial charge >= 0.3 is 0 Å². The van der Waals surface area contributed by atoms with E-state index in [9.17, 15) is 4.79 Å². The number of benzene rings is 3. The van der Waals surface area contributed by atoms with Crippen LogP contribution >= 0.6 is 11.3 Å². The highest BCUT2D eigenvalue weighted by molar-refractivity contribution is 7.14. The Labute approximate surface area is 201 Å². The van der Waals surface area contributed by atoms with Crippen LogP contribution in [0.2, 0.25) is 0 Å². The number of anilines is 1. The summed E-state index contributed by atoms with van der Waals surface area (Å²) in [5, 5.41) is 3.87. The van der Waals surface area contributed by atoms with Crippen molar-refractivity contribution in [3.8, 4) is 11.3 Å². The molecule has 0 aliphatic rings. The molecule has 5 aromatic rings. The molecule has 5 rings (SSSR count). The summed E-state index contributed by atoms with van der Waals surface area (Å²) in [5.41, 5.74) is 4.49. The van der Waals surface area contributed by atoms with E-state index in [-0.39, 0.29) is 5.91 Å². The number of amides is 1. The molecule has 2 heterocycles. The maximum absolute atomic E-state index is 13.1. The summed E-state index contributed by atoms with van der Waals surface area (Å²) >= 11 is 1.45. The lowest BCUT2D eigenvalue weighted by molar-refractivity contribution is 0.102. The monoisotopic (exact) mass is 465 g/mol. The molecule has 6 heteroatoms. The molecule has 0 unspecified atom stereocenters. The molecule has 0 saturated heterocycles. The molecule has 0 aliphatic carbocycles. The average Bonchev–Trinajstić information content (AvgIpc) is 3.49. The molecule has 168 valence electrons. The van der Waals surface area contributed by atoms with Crippen molar-refractivity contribution in [3.05, 3.63) is 125 Å². The highest BCUT2D eigenvalue weighted by atomic mass is 32.1. The van der Waals surface area contributed by atoms with E-state index >= 15 is 0 Å². The fourth-order valence-electron chi connectivity index (χ4n) is 3.66. The van der Waals surface area contributed by atoms with Gasteiger partial charge in [0.25, 0.3) is 5.91 Å². The molecule has 5 nitrogen and oxygen atoms in total. The van der Waals surface area contributed by atoms with Crippen molar-refractivity contribution in [2.75, 3.05) is 5.32 Å². The molecule has 0 bridgehead atoms. The molecule has 0 saturated carbocycles. The van der Waals surface area contributed by atoms with Gasteiger partial charge in [-0.05, 0) is 43.3 Å². The van der Waals surface area contributed by atoms with Gasteiger partial charge in [0, 0.05) is 11.1 Å². The zero-order chi connectivity index (χ0) is 23.3. The summed E-state index contributed by atoms with van der Waals surface area (Å²) in [7, 11) is 0. The Bertz CT molecular complexity index is 1450. The topological polar surface area (TPSA) is 59.5 Å². The standard InChI is InChI=1S/C28H23N3O2S/c1-20-14-16-21(17-15-20)25-27(30-26(32)22-9-4-2-5-10-22)34-28(29-23-11-6-3-7-12-23)31(25)19-24-13-8-18-33-24/h2-18H,19H2,1H3,(H,30,32). The van der Waals surface area contributed by atoms with Crippen molar-refractivity contribution in [3.63, 3.8) is 0 Å². The van der Waals surface area contributed by atoms with Crippen molar-refractivity contribution in [1.82, 2.24) is 4.57 Å².